The summed E-state index contributed by atoms with van der Waals surface area (Å²) < 4.78 is 6.06. The van der Waals surface area contributed by atoms with Gasteiger partial charge in [0, 0.05) is 18.7 Å². The number of hydrogen-bond donors (Lipinski definition) is 0. The van der Waals surface area contributed by atoms with Gasteiger partial charge in [0.2, 0.25) is 5.91 Å². The minimum absolute atomic E-state index is 0.0509. The summed E-state index contributed by atoms with van der Waals surface area (Å²) in [6.07, 6.45) is 2.92. The van der Waals surface area contributed by atoms with Crippen molar-refractivity contribution in [3.05, 3.63) is 84.1 Å². The topological polar surface area (TPSA) is 51.1 Å². The molecule has 2 aromatic carbocycles. The molecule has 0 radical (unpaired) electrons. The lowest BCUT2D eigenvalue weighted by Gasteiger charge is -2.41. The third kappa shape index (κ3) is 2.89. The lowest BCUT2D eigenvalue weighted by atomic mass is 9.93. The highest BCUT2D eigenvalue weighted by atomic mass is 16.7. The Bertz CT molecular complexity index is 817. The van der Waals surface area contributed by atoms with Crippen molar-refractivity contribution in [2.75, 3.05) is 0 Å². The first-order valence-corrected chi connectivity index (χ1v) is 8.22. The Kier molecular flexibility index (Phi) is 3.98. The van der Waals surface area contributed by atoms with Crippen molar-refractivity contribution in [3.8, 4) is 0 Å². The first-order chi connectivity index (χ1) is 12.2. The molecule has 2 aromatic rings. The van der Waals surface area contributed by atoms with Gasteiger partial charge < -0.3 is 14.5 Å². The van der Waals surface area contributed by atoms with Crippen molar-refractivity contribution in [2.45, 2.75) is 25.2 Å². The van der Waals surface area contributed by atoms with Gasteiger partial charge in [-0.1, -0.05) is 48.5 Å². The van der Waals surface area contributed by atoms with E-state index in [-0.39, 0.29) is 18.1 Å². The number of hydrogen-bond acceptors (Lipinski definition) is 4. The van der Waals surface area contributed by atoms with Gasteiger partial charge in [0.1, 0.15) is 6.04 Å². The van der Waals surface area contributed by atoms with Crippen molar-refractivity contribution in [2.24, 2.45) is 5.16 Å². The van der Waals surface area contributed by atoms with Gasteiger partial charge in [-0.15, -0.1) is 0 Å². The van der Waals surface area contributed by atoms with Crippen LogP contribution in [-0.2, 0) is 14.4 Å². The van der Waals surface area contributed by atoms with E-state index in [1.165, 1.54) is 0 Å². The van der Waals surface area contributed by atoms with E-state index < -0.39 is 6.10 Å². The monoisotopic (exact) mass is 334 g/mol. The Hall–Kier alpha value is -3.08. The summed E-state index contributed by atoms with van der Waals surface area (Å²) in [4.78, 5) is 19.6. The highest BCUT2D eigenvalue weighted by molar-refractivity contribution is 5.94. The van der Waals surface area contributed by atoms with Crippen LogP contribution in [0.1, 0.15) is 24.1 Å². The van der Waals surface area contributed by atoms with E-state index in [0.717, 1.165) is 11.1 Å². The van der Waals surface area contributed by atoms with Crippen LogP contribution in [0.25, 0.3) is 0 Å². The molecule has 0 N–H and O–H groups in total. The largest absolute Gasteiger partial charge is 0.463 e. The molecule has 5 nitrogen and oxygen atoms in total. The highest BCUT2D eigenvalue weighted by Crippen LogP contribution is 2.36. The van der Waals surface area contributed by atoms with E-state index in [4.69, 9.17) is 9.57 Å². The van der Waals surface area contributed by atoms with Gasteiger partial charge >= 0.3 is 0 Å². The van der Waals surface area contributed by atoms with Crippen LogP contribution >= 0.6 is 0 Å². The van der Waals surface area contributed by atoms with Gasteiger partial charge in [0.25, 0.3) is 5.90 Å². The molecule has 25 heavy (non-hydrogen) atoms. The molecule has 4 rings (SSSR count). The van der Waals surface area contributed by atoms with Crippen LogP contribution in [0.4, 0.5) is 0 Å². The molecule has 1 amide bonds. The zero-order valence-electron chi connectivity index (χ0n) is 13.8. The van der Waals surface area contributed by atoms with Gasteiger partial charge in [-0.2, -0.15) is 0 Å². The molecule has 0 spiro atoms. The predicted octanol–water partition coefficient (Wildman–Crippen LogP) is 3.25. The van der Waals surface area contributed by atoms with Crippen LogP contribution in [0.5, 0.6) is 0 Å². The molecule has 2 aliphatic rings. The number of benzene rings is 2. The van der Waals surface area contributed by atoms with Crippen molar-refractivity contribution in [1.82, 2.24) is 4.90 Å². The minimum atomic E-state index is -0.399. The second kappa shape index (κ2) is 6.43. The fourth-order valence-electron chi connectivity index (χ4n) is 3.20. The van der Waals surface area contributed by atoms with Crippen molar-refractivity contribution in [3.63, 3.8) is 0 Å². The van der Waals surface area contributed by atoms with E-state index in [0.29, 0.717) is 5.90 Å². The first-order valence-electron chi connectivity index (χ1n) is 8.22. The summed E-state index contributed by atoms with van der Waals surface area (Å²) in [5.41, 5.74) is 1.85. The molecule has 126 valence electrons. The number of carbonyl (C=O) groups is 1. The maximum atomic E-state index is 12.1. The third-order valence-corrected chi connectivity index (χ3v) is 4.40. The standard InChI is InChI=1S/C20H18N2O3/c1-14(23)22-13-12-17-19(18(22)15-8-4-2-5-9-15)25-21-20(24-17)16-10-6-3-7-11-16/h2-13,17-19H,1H3/t17-,18+,19-/m1/s1. The van der Waals surface area contributed by atoms with Crippen LogP contribution in [0.3, 0.4) is 0 Å². The summed E-state index contributed by atoms with van der Waals surface area (Å²) >= 11 is 0. The van der Waals surface area contributed by atoms with Gasteiger partial charge in [0.15, 0.2) is 12.2 Å². The average Bonchev–Trinajstić information content (AvgIpc) is 2.68. The molecule has 0 saturated heterocycles. The second-order valence-corrected chi connectivity index (χ2v) is 6.04. The Morgan fingerprint density at radius 2 is 1.72 bits per heavy atom. The number of amides is 1. The van der Waals surface area contributed by atoms with Crippen LogP contribution in [0.2, 0.25) is 0 Å². The number of nitrogens with zero attached hydrogens (tertiary/aromatic N) is 2. The number of carbonyl (C=O) groups excluding carboxylic acids is 1. The molecule has 5 heteroatoms. The molecule has 2 heterocycles. The Morgan fingerprint density at radius 3 is 2.40 bits per heavy atom. The summed E-state index contributed by atoms with van der Waals surface area (Å²) in [7, 11) is 0. The quantitative estimate of drug-likeness (QED) is 0.847. The Labute approximate surface area is 146 Å². The fraction of sp³-hybridized carbons (Fsp3) is 0.200. The van der Waals surface area contributed by atoms with Gasteiger partial charge in [-0.3, -0.25) is 4.79 Å². The van der Waals surface area contributed by atoms with E-state index >= 15 is 0 Å². The Morgan fingerprint density at radius 1 is 1.04 bits per heavy atom. The minimum Gasteiger partial charge on any atom is -0.463 e. The molecule has 0 fully saturated rings. The fourth-order valence-corrected chi connectivity index (χ4v) is 3.20. The van der Waals surface area contributed by atoms with Crippen molar-refractivity contribution < 1.29 is 14.4 Å². The second-order valence-electron chi connectivity index (χ2n) is 6.04. The predicted molar refractivity (Wildman–Crippen MR) is 93.6 cm³/mol. The number of rotatable bonds is 2. The summed E-state index contributed by atoms with van der Waals surface area (Å²) in [6.45, 7) is 1.54. The van der Waals surface area contributed by atoms with Gasteiger partial charge in [-0.05, 0) is 28.9 Å². The van der Waals surface area contributed by atoms with Crippen LogP contribution < -0.4 is 0 Å². The lowest BCUT2D eigenvalue weighted by molar-refractivity contribution is -0.138. The van der Waals surface area contributed by atoms with E-state index in [1.54, 1.807) is 18.0 Å². The normalized spacial score (nSPS) is 24.6. The maximum absolute atomic E-state index is 12.1. The summed E-state index contributed by atoms with van der Waals surface area (Å²) in [5.74, 6) is 0.402. The van der Waals surface area contributed by atoms with E-state index in [9.17, 15) is 4.79 Å². The van der Waals surface area contributed by atoms with Crippen LogP contribution in [-0.4, -0.2) is 28.9 Å². The number of ether oxygens (including phenoxy) is 1. The number of oxime groups is 1. The molecule has 0 unspecified atom stereocenters. The number of fused-ring (bicyclic) bond motifs is 1. The van der Waals surface area contributed by atoms with Crippen molar-refractivity contribution >= 4 is 11.8 Å². The van der Waals surface area contributed by atoms with E-state index in [2.05, 4.69) is 5.16 Å². The smallest absolute Gasteiger partial charge is 0.258 e. The zero-order valence-corrected chi connectivity index (χ0v) is 13.8. The maximum Gasteiger partial charge on any atom is 0.258 e. The van der Waals surface area contributed by atoms with Crippen LogP contribution in [0.15, 0.2) is 78.1 Å². The molecule has 3 atom stereocenters. The van der Waals surface area contributed by atoms with E-state index in [1.807, 2.05) is 66.7 Å². The lowest BCUT2D eigenvalue weighted by Crippen LogP contribution is -2.49. The first kappa shape index (κ1) is 15.4. The summed E-state index contributed by atoms with van der Waals surface area (Å²) in [5, 5.41) is 4.18. The highest BCUT2D eigenvalue weighted by Gasteiger charge is 2.43. The third-order valence-electron chi connectivity index (χ3n) is 4.40. The molecular weight excluding hydrogens is 316 g/mol. The zero-order chi connectivity index (χ0) is 17.2. The average molecular weight is 334 g/mol. The van der Waals surface area contributed by atoms with Crippen LogP contribution in [0, 0.1) is 0 Å². The van der Waals surface area contributed by atoms with Gasteiger partial charge in [-0.25, -0.2) is 0 Å². The molecular formula is C20H18N2O3. The molecule has 0 saturated carbocycles. The Balaban J connectivity index is 1.68. The van der Waals surface area contributed by atoms with Crippen molar-refractivity contribution in [1.29, 1.82) is 0 Å². The molecule has 0 bridgehead atoms. The van der Waals surface area contributed by atoms with Gasteiger partial charge in [0.05, 0.1) is 0 Å². The molecule has 2 aliphatic heterocycles. The molecule has 0 aliphatic carbocycles. The SMILES string of the molecule is CC(=O)N1C=C[C@H]2OC(c3ccccc3)=NO[C@H]2[C@@H]1c1ccccc1. The summed E-state index contributed by atoms with van der Waals surface area (Å²) in [6, 6.07) is 19.2. The molecule has 0 aromatic heterocycles.